The van der Waals surface area contributed by atoms with Crippen molar-refractivity contribution in [2.24, 2.45) is 5.92 Å². The summed E-state index contributed by atoms with van der Waals surface area (Å²) >= 11 is 0. The highest BCUT2D eigenvalue weighted by molar-refractivity contribution is 5.08. The first-order chi connectivity index (χ1) is 6.34. The summed E-state index contributed by atoms with van der Waals surface area (Å²) in [4.78, 5) is 2.61. The molecule has 0 amide bonds. The third kappa shape index (κ3) is 2.57. The third-order valence-electron chi connectivity index (χ3n) is 3.39. The van der Waals surface area contributed by atoms with E-state index in [1.807, 2.05) is 0 Å². The molecule has 1 nitrogen and oxygen atoms in total. The van der Waals surface area contributed by atoms with E-state index in [4.69, 9.17) is 0 Å². The number of hydrogen-bond donors (Lipinski definition) is 0. The second-order valence-electron chi connectivity index (χ2n) is 4.73. The lowest BCUT2D eigenvalue weighted by molar-refractivity contribution is 0.355. The van der Waals surface area contributed by atoms with Gasteiger partial charge in [-0.25, -0.2) is 0 Å². The van der Waals surface area contributed by atoms with Gasteiger partial charge in [0.1, 0.15) is 0 Å². The molecule has 0 saturated carbocycles. The third-order valence-corrected chi connectivity index (χ3v) is 3.39. The van der Waals surface area contributed by atoms with E-state index in [9.17, 15) is 0 Å². The van der Waals surface area contributed by atoms with Crippen LogP contribution in [0.15, 0.2) is 11.6 Å². The van der Waals surface area contributed by atoms with E-state index in [0.717, 1.165) is 5.92 Å². The summed E-state index contributed by atoms with van der Waals surface area (Å²) in [6, 6.07) is 0. The van der Waals surface area contributed by atoms with Gasteiger partial charge < -0.3 is 0 Å². The molecule has 2 aliphatic rings. The van der Waals surface area contributed by atoms with Crippen molar-refractivity contribution in [2.45, 2.75) is 39.0 Å². The van der Waals surface area contributed by atoms with Crippen LogP contribution in [0.4, 0.5) is 0 Å². The number of rotatable bonds is 2. The summed E-state index contributed by atoms with van der Waals surface area (Å²) in [5.41, 5.74) is 1.71. The minimum atomic E-state index is 0.933. The highest BCUT2D eigenvalue weighted by atomic mass is 15.1. The lowest BCUT2D eigenvalue weighted by atomic mass is 9.91. The van der Waals surface area contributed by atoms with E-state index in [1.54, 1.807) is 5.57 Å². The summed E-state index contributed by atoms with van der Waals surface area (Å²) in [6.45, 7) is 6.32. The van der Waals surface area contributed by atoms with Crippen molar-refractivity contribution in [3.63, 3.8) is 0 Å². The average Bonchev–Trinajstić information content (AvgIpc) is 2.62. The Morgan fingerprint density at radius 2 is 2.15 bits per heavy atom. The highest BCUT2D eigenvalue weighted by Gasteiger charge is 2.15. The van der Waals surface area contributed by atoms with Crippen LogP contribution >= 0.6 is 0 Å². The standard InChI is InChI=1S/C12H21N/c1-11-4-6-12(7-5-11)10-13-8-2-3-9-13/h6,11H,2-5,7-10H2,1H3. The van der Waals surface area contributed by atoms with Crippen LogP contribution < -0.4 is 0 Å². The normalized spacial score (nSPS) is 30.5. The van der Waals surface area contributed by atoms with Crippen LogP contribution in [0.2, 0.25) is 0 Å². The van der Waals surface area contributed by atoms with Gasteiger partial charge in [0.15, 0.2) is 0 Å². The Hall–Kier alpha value is -0.300. The molecular weight excluding hydrogens is 158 g/mol. The molecule has 1 aliphatic carbocycles. The van der Waals surface area contributed by atoms with Gasteiger partial charge in [0.2, 0.25) is 0 Å². The van der Waals surface area contributed by atoms with Gasteiger partial charge in [-0.2, -0.15) is 0 Å². The fourth-order valence-corrected chi connectivity index (χ4v) is 2.39. The molecule has 1 atom stereocenters. The Morgan fingerprint density at radius 3 is 2.77 bits per heavy atom. The molecule has 0 aromatic rings. The highest BCUT2D eigenvalue weighted by Crippen LogP contribution is 2.24. The van der Waals surface area contributed by atoms with Crippen LogP contribution in [-0.2, 0) is 0 Å². The van der Waals surface area contributed by atoms with Gasteiger partial charge in [-0.15, -0.1) is 0 Å². The molecular formula is C12H21N. The Balaban J connectivity index is 1.80. The van der Waals surface area contributed by atoms with Gasteiger partial charge in [-0.1, -0.05) is 18.6 Å². The van der Waals surface area contributed by atoms with Gasteiger partial charge in [0.05, 0.1) is 0 Å². The maximum Gasteiger partial charge on any atom is 0.0192 e. The zero-order valence-corrected chi connectivity index (χ0v) is 8.76. The van der Waals surface area contributed by atoms with Crippen molar-refractivity contribution < 1.29 is 0 Å². The molecule has 0 radical (unpaired) electrons. The quantitative estimate of drug-likeness (QED) is 0.589. The number of likely N-dealkylation sites (tertiary alicyclic amines) is 1. The smallest absolute Gasteiger partial charge is 0.0192 e. The van der Waals surface area contributed by atoms with Crippen LogP contribution in [0.5, 0.6) is 0 Å². The molecule has 0 spiro atoms. The van der Waals surface area contributed by atoms with Crippen molar-refractivity contribution in [1.29, 1.82) is 0 Å². The lowest BCUT2D eigenvalue weighted by Gasteiger charge is -2.22. The van der Waals surface area contributed by atoms with E-state index in [2.05, 4.69) is 17.9 Å². The maximum absolute atomic E-state index is 2.61. The van der Waals surface area contributed by atoms with E-state index < -0.39 is 0 Å². The molecule has 1 saturated heterocycles. The average molecular weight is 179 g/mol. The maximum atomic E-state index is 2.61. The van der Waals surface area contributed by atoms with E-state index in [-0.39, 0.29) is 0 Å². The topological polar surface area (TPSA) is 3.24 Å². The second-order valence-corrected chi connectivity index (χ2v) is 4.73. The molecule has 1 heteroatoms. The van der Waals surface area contributed by atoms with Gasteiger partial charge in [-0.05, 0) is 51.1 Å². The largest absolute Gasteiger partial charge is 0.299 e. The summed E-state index contributed by atoms with van der Waals surface area (Å²) < 4.78 is 0. The van der Waals surface area contributed by atoms with Crippen LogP contribution in [0.3, 0.4) is 0 Å². The molecule has 0 bridgehead atoms. The molecule has 0 N–H and O–H groups in total. The summed E-state index contributed by atoms with van der Waals surface area (Å²) in [5.74, 6) is 0.933. The summed E-state index contributed by atoms with van der Waals surface area (Å²) in [7, 11) is 0. The first-order valence-electron chi connectivity index (χ1n) is 5.75. The first-order valence-corrected chi connectivity index (χ1v) is 5.75. The molecule has 1 fully saturated rings. The summed E-state index contributed by atoms with van der Waals surface area (Å²) in [5, 5.41) is 0. The molecule has 2 rings (SSSR count). The first kappa shape index (κ1) is 9.26. The van der Waals surface area contributed by atoms with E-state index in [0.29, 0.717) is 0 Å². The Bertz CT molecular complexity index is 189. The van der Waals surface area contributed by atoms with Gasteiger partial charge in [0, 0.05) is 6.54 Å². The molecule has 74 valence electrons. The molecule has 1 aliphatic heterocycles. The fourth-order valence-electron chi connectivity index (χ4n) is 2.39. The number of nitrogens with zero attached hydrogens (tertiary/aromatic N) is 1. The molecule has 1 unspecified atom stereocenters. The second kappa shape index (κ2) is 4.28. The van der Waals surface area contributed by atoms with Crippen LogP contribution in [0, 0.1) is 5.92 Å². The molecule has 0 aromatic heterocycles. The zero-order chi connectivity index (χ0) is 9.10. The van der Waals surface area contributed by atoms with Gasteiger partial charge in [0.25, 0.3) is 0 Å². The van der Waals surface area contributed by atoms with Crippen LogP contribution in [0.25, 0.3) is 0 Å². The van der Waals surface area contributed by atoms with E-state index in [1.165, 1.54) is 51.7 Å². The van der Waals surface area contributed by atoms with Crippen molar-refractivity contribution in [2.75, 3.05) is 19.6 Å². The number of hydrogen-bond acceptors (Lipinski definition) is 1. The van der Waals surface area contributed by atoms with Crippen molar-refractivity contribution in [3.05, 3.63) is 11.6 Å². The monoisotopic (exact) mass is 179 g/mol. The molecule has 1 heterocycles. The lowest BCUT2D eigenvalue weighted by Crippen LogP contribution is -2.23. The predicted octanol–water partition coefficient (Wildman–Crippen LogP) is 2.83. The van der Waals surface area contributed by atoms with Crippen molar-refractivity contribution >= 4 is 0 Å². The van der Waals surface area contributed by atoms with Crippen molar-refractivity contribution in [1.82, 2.24) is 4.90 Å². The van der Waals surface area contributed by atoms with Crippen molar-refractivity contribution in [3.8, 4) is 0 Å². The minimum Gasteiger partial charge on any atom is -0.299 e. The van der Waals surface area contributed by atoms with Gasteiger partial charge in [-0.3, -0.25) is 4.90 Å². The van der Waals surface area contributed by atoms with Gasteiger partial charge >= 0.3 is 0 Å². The van der Waals surface area contributed by atoms with E-state index >= 15 is 0 Å². The molecule has 0 aromatic carbocycles. The summed E-state index contributed by atoms with van der Waals surface area (Å²) in [6.07, 6.45) is 9.43. The minimum absolute atomic E-state index is 0.933. The Morgan fingerprint density at radius 1 is 1.38 bits per heavy atom. The van der Waals surface area contributed by atoms with Crippen LogP contribution in [-0.4, -0.2) is 24.5 Å². The number of allylic oxidation sites excluding steroid dienone is 1. The Labute approximate surface area is 81.8 Å². The Kier molecular flexibility index (Phi) is 3.05. The zero-order valence-electron chi connectivity index (χ0n) is 8.76. The SMILES string of the molecule is CC1CC=C(CN2CCCC2)CC1. The fraction of sp³-hybridized carbons (Fsp3) is 0.833. The predicted molar refractivity (Wildman–Crippen MR) is 56.8 cm³/mol. The molecule has 13 heavy (non-hydrogen) atoms. The van der Waals surface area contributed by atoms with Crippen LogP contribution in [0.1, 0.15) is 39.0 Å².